The van der Waals surface area contributed by atoms with E-state index in [9.17, 15) is 21.6 Å². The molecule has 0 saturated heterocycles. The van der Waals surface area contributed by atoms with Crippen molar-refractivity contribution < 1.29 is 26.7 Å². The molecule has 14 heterocycles. The van der Waals surface area contributed by atoms with Gasteiger partial charge in [-0.1, -0.05) is 110 Å². The van der Waals surface area contributed by atoms with E-state index >= 15 is 0 Å². The number of Topliss-reactive ketones (excluding diaryl/α,β-unsaturated/α-hetero) is 1. The number of benzene rings is 2. The molecule has 1 aliphatic rings. The first-order valence-electron chi connectivity index (χ1n) is 41.1. The second-order valence-corrected chi connectivity index (χ2v) is 45.1. The van der Waals surface area contributed by atoms with Gasteiger partial charge >= 0.3 is 0 Å². The predicted molar refractivity (Wildman–Crippen MR) is 525 cm³/mol. The highest BCUT2D eigenvalue weighted by atomic mass is 32.2. The molecule has 0 bridgehead atoms. The number of carbonyl (C=O) groups is 1. The van der Waals surface area contributed by atoms with Crippen LogP contribution in [-0.2, 0) is 63.8 Å². The number of nitrogen functional groups attached to an aromatic ring is 4. The van der Waals surface area contributed by atoms with Crippen molar-refractivity contribution in [3.63, 3.8) is 0 Å². The van der Waals surface area contributed by atoms with E-state index in [1.807, 2.05) is 71.3 Å². The number of fused-ring (bicyclic) bond motifs is 4. The standard InChI is InChI=1S/C24H25N3O3S3.C23H26N4OS3.C21H23N5OS3.C21H25N5OS3/c1-2-3-12-33(30)24-21(25)20-17(14-18(27-23(20)32-24)22-26-9-11-31-22)15-6-4-7-16(13-15)19(29)8-5-10-28;1-4-5-12-31(28)23-20(24)19-17(16-8-6-15(7-9-16)14-27(2)3)13-18(26-22(19)30-23)21-25-10-11-29-21;1-3-4-9-30(27)21-17(22)16-13(15-11-24-18(26(15)2)12-5-6-12)10-14(25-20(16)29-21)19-23-7-8-28-19;1-5-6-9-30(27)21-17(22)16-13(15-11-24-18(12(2)3)26(15)4)10-14(25-20(16)29-21)19-23-7-8-28-19/h4,6-7,9,11,13-14,28H,2-3,5,8,10,12,25H2,1H3;6-11,13H,4-5,12,14,24H2,1-3H3;7-8,10-12H,3-6,9,22H2,1-2H3;7-8,10-12H,5-6,9,22H2,1-4H3. The number of aliphatic hydroxyl groups is 1. The van der Waals surface area contributed by atoms with Crippen molar-refractivity contribution in [2.45, 2.75) is 154 Å². The number of anilines is 4. The lowest BCUT2D eigenvalue weighted by Gasteiger charge is -2.11. The third-order valence-electron chi connectivity index (χ3n) is 20.7. The maximum atomic E-state index is 12.9. The van der Waals surface area contributed by atoms with E-state index in [1.165, 1.54) is 75.1 Å². The van der Waals surface area contributed by atoms with Crippen LogP contribution in [0.5, 0.6) is 0 Å². The van der Waals surface area contributed by atoms with Crippen LogP contribution in [0.15, 0.2) is 148 Å². The fraction of sp³-hybridized carbons (Fsp3) is 0.337. The number of imidazole rings is 2. The minimum atomic E-state index is -1.19. The third-order valence-corrected chi connectivity index (χ3v) is 35.9. The number of ketones is 1. The average Bonchev–Trinajstić information content (AvgIpc) is 1.60. The summed E-state index contributed by atoms with van der Waals surface area (Å²) in [6.07, 6.45) is 21.6. The van der Waals surface area contributed by atoms with Gasteiger partial charge in [0.25, 0.3) is 0 Å². The number of thiazole rings is 4. The normalized spacial score (nSPS) is 13.2. The molecule has 16 aromatic rings. The van der Waals surface area contributed by atoms with Crippen LogP contribution in [0.4, 0.5) is 22.7 Å². The van der Waals surface area contributed by atoms with E-state index in [1.54, 1.807) is 64.9 Å². The number of nitrogens with zero attached hydrogens (tertiary/aromatic N) is 13. The molecule has 14 aromatic heterocycles. The number of aliphatic hydroxyl groups excluding tert-OH is 1. The number of hydrogen-bond donors (Lipinski definition) is 5. The number of unbranched alkanes of at least 4 members (excludes halogenated alkanes) is 4. The Balaban J connectivity index is 0.000000135. The predicted octanol–water partition coefficient (Wildman–Crippen LogP) is 21.8. The van der Waals surface area contributed by atoms with Gasteiger partial charge in [-0.05, 0) is 117 Å². The van der Waals surface area contributed by atoms with E-state index in [-0.39, 0.29) is 18.8 Å². The minimum Gasteiger partial charge on any atom is -0.396 e. The summed E-state index contributed by atoms with van der Waals surface area (Å²) in [7, 11) is 3.67. The molecule has 4 atom stereocenters. The Morgan fingerprint density at radius 1 is 0.484 bits per heavy atom. The second kappa shape index (κ2) is 41.8. The first-order chi connectivity index (χ1) is 60.0. The molecule has 2 aromatic carbocycles. The summed E-state index contributed by atoms with van der Waals surface area (Å²) in [5.41, 5.74) is 41.2. The fourth-order valence-electron chi connectivity index (χ4n) is 14.3. The molecule has 35 heteroatoms. The summed E-state index contributed by atoms with van der Waals surface area (Å²) < 4.78 is 58.8. The van der Waals surface area contributed by atoms with E-state index in [0.29, 0.717) is 78.6 Å². The molecule has 9 N–H and O–H groups in total. The quantitative estimate of drug-likeness (QED) is 0.0244. The highest BCUT2D eigenvalue weighted by molar-refractivity contribution is 7.88. The molecule has 1 saturated carbocycles. The Bertz CT molecular complexity index is 6320. The molecule has 17 rings (SSSR count). The lowest BCUT2D eigenvalue weighted by molar-refractivity contribution is 0.0971. The monoisotopic (exact) mass is 1890 g/mol. The zero-order chi connectivity index (χ0) is 87.6. The number of hydrogen-bond acceptors (Lipinski definition) is 29. The molecular formula is C89H99N17O6S12. The number of aromatic nitrogens is 12. The van der Waals surface area contributed by atoms with Gasteiger partial charge < -0.3 is 42.1 Å². The van der Waals surface area contributed by atoms with Crippen molar-refractivity contribution in [1.82, 2.24) is 63.9 Å². The number of pyridine rings is 4. The van der Waals surface area contributed by atoms with Gasteiger partial charge in [0.15, 0.2) is 5.78 Å². The Kier molecular flexibility index (Phi) is 30.8. The van der Waals surface area contributed by atoms with Crippen LogP contribution in [0.2, 0.25) is 0 Å². The van der Waals surface area contributed by atoms with Crippen LogP contribution in [-0.4, -0.2) is 135 Å². The van der Waals surface area contributed by atoms with Crippen molar-refractivity contribution in [2.75, 3.05) is 66.6 Å². The summed E-state index contributed by atoms with van der Waals surface area (Å²) in [6, 6.07) is 24.1. The smallest absolute Gasteiger partial charge is 0.162 e. The Hall–Kier alpha value is -8.79. The van der Waals surface area contributed by atoms with Crippen LogP contribution in [0.25, 0.3) is 128 Å². The van der Waals surface area contributed by atoms with Crippen molar-refractivity contribution in [1.29, 1.82) is 0 Å². The summed E-state index contributed by atoms with van der Waals surface area (Å²) in [5, 5.41) is 23.6. The van der Waals surface area contributed by atoms with Crippen molar-refractivity contribution in [3.05, 3.63) is 154 Å². The minimum absolute atomic E-state index is 0.0169. The molecular weight excluding hydrogens is 1790 g/mol. The maximum Gasteiger partial charge on any atom is 0.162 e. The summed E-state index contributed by atoms with van der Waals surface area (Å²) in [4.78, 5) is 64.3. The van der Waals surface area contributed by atoms with E-state index in [0.717, 1.165) is 206 Å². The molecule has 23 nitrogen and oxygen atoms in total. The van der Waals surface area contributed by atoms with Crippen LogP contribution < -0.4 is 22.9 Å². The lowest BCUT2D eigenvalue weighted by atomic mass is 9.97. The fourth-order valence-corrected chi connectivity index (χ4v) is 27.8. The molecule has 648 valence electrons. The summed E-state index contributed by atoms with van der Waals surface area (Å²) in [5.74, 6) is 5.39. The zero-order valence-electron chi connectivity index (χ0n) is 70.6. The SMILES string of the molecule is CCCCS(=O)c1sc2nc(-c3nccs3)cc(-c3ccc(CN(C)C)cc3)c2c1N.CCCCS(=O)c1sc2nc(-c3nccs3)cc(-c3cccc(C(=O)CCCO)c3)c2c1N.CCCCS(=O)c1sc2nc(-c3nccs3)cc(-c3cnc(C(C)C)n3C)c2c1N.CCCCS(=O)c1sc2nc(-c3nccs3)cc(-c3cnc(C4CC4)n3C)c2c1N. The van der Waals surface area contributed by atoms with Crippen LogP contribution in [0.1, 0.15) is 158 Å². The van der Waals surface area contributed by atoms with E-state index in [2.05, 4.69) is 138 Å². The molecule has 0 amide bonds. The number of carbonyl (C=O) groups excluding carboxylic acids is 1. The van der Waals surface area contributed by atoms with Crippen LogP contribution in [0.3, 0.4) is 0 Å². The first-order valence-corrected chi connectivity index (χ1v) is 53.1. The molecule has 4 unspecified atom stereocenters. The molecule has 0 aliphatic heterocycles. The van der Waals surface area contributed by atoms with Crippen LogP contribution in [0, 0.1) is 0 Å². The van der Waals surface area contributed by atoms with Crippen molar-refractivity contribution in [2.24, 2.45) is 14.1 Å². The average molecular weight is 1890 g/mol. The topological polar surface area (TPSA) is 352 Å². The largest absolute Gasteiger partial charge is 0.396 e. The second-order valence-electron chi connectivity index (χ2n) is 30.4. The molecule has 124 heavy (non-hydrogen) atoms. The van der Waals surface area contributed by atoms with Crippen LogP contribution >= 0.6 is 90.7 Å². The summed E-state index contributed by atoms with van der Waals surface area (Å²) in [6.45, 7) is 13.5. The van der Waals surface area contributed by atoms with Gasteiger partial charge in [-0.15, -0.1) is 90.7 Å². The number of nitrogens with two attached hydrogens (primary N) is 4. The first kappa shape index (κ1) is 91.4. The maximum absolute atomic E-state index is 12.9. The lowest BCUT2D eigenvalue weighted by Crippen LogP contribution is -2.10. The van der Waals surface area contributed by atoms with Gasteiger partial charge in [0.05, 0.1) is 89.7 Å². The van der Waals surface area contributed by atoms with Gasteiger partial charge in [-0.2, -0.15) is 0 Å². The Morgan fingerprint density at radius 2 is 0.855 bits per heavy atom. The van der Waals surface area contributed by atoms with Gasteiger partial charge in [-0.25, -0.2) is 49.8 Å². The Labute approximate surface area is 763 Å². The summed E-state index contributed by atoms with van der Waals surface area (Å²) >= 11 is 11.9. The van der Waals surface area contributed by atoms with Gasteiger partial charge in [-0.3, -0.25) is 21.6 Å². The number of rotatable bonds is 32. The highest BCUT2D eigenvalue weighted by Crippen LogP contribution is 2.50. The van der Waals surface area contributed by atoms with Gasteiger partial charge in [0.2, 0.25) is 0 Å². The highest BCUT2D eigenvalue weighted by Gasteiger charge is 2.32. The molecule has 0 radical (unpaired) electrons. The van der Waals surface area contributed by atoms with Crippen molar-refractivity contribution in [3.8, 4) is 87.6 Å². The molecule has 0 spiro atoms. The van der Waals surface area contributed by atoms with E-state index < -0.39 is 43.2 Å². The Morgan fingerprint density at radius 3 is 1.20 bits per heavy atom. The van der Waals surface area contributed by atoms with Gasteiger partial charge in [0.1, 0.15) is 90.6 Å². The van der Waals surface area contributed by atoms with E-state index in [4.69, 9.17) is 53.0 Å². The van der Waals surface area contributed by atoms with Crippen molar-refractivity contribution >= 4 is 203 Å². The number of thiophene rings is 4. The molecule has 1 aliphatic carbocycles. The molecule has 1 fully saturated rings. The van der Waals surface area contributed by atoms with Gasteiger partial charge in [0, 0.05) is 153 Å². The third kappa shape index (κ3) is 20.4. The zero-order valence-corrected chi connectivity index (χ0v) is 80.4.